The number of halogens is 1. The zero-order chi connectivity index (χ0) is 23.4. The minimum absolute atomic E-state index is 0.0287. The molecule has 1 amide bonds. The summed E-state index contributed by atoms with van der Waals surface area (Å²) >= 11 is 6.35. The number of hydrogen-bond donors (Lipinski definition) is 2. The lowest BCUT2D eigenvalue weighted by Gasteiger charge is -2.17. The van der Waals surface area contributed by atoms with Crippen molar-refractivity contribution in [2.75, 3.05) is 11.9 Å². The normalized spacial score (nSPS) is 17.1. The first-order valence-corrected chi connectivity index (χ1v) is 10.7. The van der Waals surface area contributed by atoms with E-state index in [0.29, 0.717) is 23.1 Å². The summed E-state index contributed by atoms with van der Waals surface area (Å²) in [5.74, 6) is -1.08. The Labute approximate surface area is 195 Å². The number of carbonyl (C=O) groups excluding carboxylic acids is 1. The number of amides is 1. The number of carbonyl (C=O) groups is 2. The zero-order valence-electron chi connectivity index (χ0n) is 17.7. The Morgan fingerprint density at radius 2 is 1.82 bits per heavy atom. The van der Waals surface area contributed by atoms with E-state index in [-0.39, 0.29) is 23.1 Å². The molecule has 2 atom stereocenters. The number of carboxylic acid groups (broad SMARTS) is 1. The first-order valence-electron chi connectivity index (χ1n) is 10.3. The number of aromatic carboxylic acids is 1. The van der Waals surface area contributed by atoms with Gasteiger partial charge in [-0.3, -0.25) is 4.79 Å². The van der Waals surface area contributed by atoms with Gasteiger partial charge in [-0.2, -0.15) is 0 Å². The van der Waals surface area contributed by atoms with Crippen molar-refractivity contribution in [3.63, 3.8) is 0 Å². The van der Waals surface area contributed by atoms with Gasteiger partial charge in [0.1, 0.15) is 18.5 Å². The topological polar surface area (TPSA) is 97.2 Å². The standard InChI is InChI=1S/C25H21ClN2O5/c1-15-20(23(28-33-15)16-6-3-2-4-7-16)14-32-19-10-11-22(21(26)13-19)27-24(29)17-8-5-9-18(12-17)25(30)31/h2-13,15,20H,14H2,1H3,(H,27,29)(H,30,31). The van der Waals surface area contributed by atoms with Gasteiger partial charge in [-0.25, -0.2) is 4.79 Å². The predicted octanol–water partition coefficient (Wildman–Crippen LogP) is 5.11. The van der Waals surface area contributed by atoms with Crippen molar-refractivity contribution in [2.45, 2.75) is 13.0 Å². The molecule has 3 aromatic rings. The molecule has 4 rings (SSSR count). The van der Waals surface area contributed by atoms with Crippen LogP contribution in [-0.2, 0) is 4.84 Å². The van der Waals surface area contributed by atoms with E-state index in [1.54, 1.807) is 18.2 Å². The molecule has 1 heterocycles. The third kappa shape index (κ3) is 5.15. The number of carboxylic acids is 1. The molecule has 0 fully saturated rings. The quantitative estimate of drug-likeness (QED) is 0.506. The number of nitrogens with one attached hydrogen (secondary N) is 1. The highest BCUT2D eigenvalue weighted by molar-refractivity contribution is 6.34. The van der Waals surface area contributed by atoms with Gasteiger partial charge in [0.05, 0.1) is 27.9 Å². The predicted molar refractivity (Wildman–Crippen MR) is 125 cm³/mol. The number of ether oxygens (including phenoxy) is 1. The molecule has 2 unspecified atom stereocenters. The highest BCUT2D eigenvalue weighted by Gasteiger charge is 2.32. The zero-order valence-corrected chi connectivity index (χ0v) is 18.5. The molecule has 0 radical (unpaired) electrons. The van der Waals surface area contributed by atoms with Gasteiger partial charge in [-0.05, 0) is 42.8 Å². The number of benzene rings is 3. The van der Waals surface area contributed by atoms with Gasteiger partial charge in [0.2, 0.25) is 0 Å². The number of rotatable bonds is 7. The van der Waals surface area contributed by atoms with Crippen LogP contribution < -0.4 is 10.1 Å². The minimum atomic E-state index is -1.10. The molecule has 33 heavy (non-hydrogen) atoms. The Balaban J connectivity index is 1.41. The minimum Gasteiger partial charge on any atom is -0.493 e. The summed E-state index contributed by atoms with van der Waals surface area (Å²) in [6, 6.07) is 20.5. The van der Waals surface area contributed by atoms with Crippen molar-refractivity contribution in [3.8, 4) is 5.75 Å². The van der Waals surface area contributed by atoms with Crippen LogP contribution in [0.25, 0.3) is 0 Å². The molecular formula is C25H21ClN2O5. The SMILES string of the molecule is CC1ON=C(c2ccccc2)C1COc1ccc(NC(=O)c2cccc(C(=O)O)c2)c(Cl)c1. The second-order valence-electron chi connectivity index (χ2n) is 7.55. The highest BCUT2D eigenvalue weighted by Crippen LogP contribution is 2.29. The van der Waals surface area contributed by atoms with Gasteiger partial charge in [-0.1, -0.05) is 53.2 Å². The van der Waals surface area contributed by atoms with Crippen LogP contribution in [0, 0.1) is 5.92 Å². The van der Waals surface area contributed by atoms with Gasteiger partial charge in [0.25, 0.3) is 5.91 Å². The molecule has 7 nitrogen and oxygen atoms in total. The Bertz CT molecular complexity index is 1210. The first-order chi connectivity index (χ1) is 15.9. The van der Waals surface area contributed by atoms with Crippen LogP contribution in [0.1, 0.15) is 33.2 Å². The third-order valence-electron chi connectivity index (χ3n) is 5.29. The summed E-state index contributed by atoms with van der Waals surface area (Å²) in [5.41, 5.74) is 2.45. The molecular weight excluding hydrogens is 444 g/mol. The van der Waals surface area contributed by atoms with Crippen LogP contribution >= 0.6 is 11.6 Å². The maximum Gasteiger partial charge on any atom is 0.335 e. The molecule has 0 spiro atoms. The van der Waals surface area contributed by atoms with Crippen LogP contribution in [0.3, 0.4) is 0 Å². The van der Waals surface area contributed by atoms with E-state index in [9.17, 15) is 9.59 Å². The summed E-state index contributed by atoms with van der Waals surface area (Å²) in [6.45, 7) is 2.29. The van der Waals surface area contributed by atoms with E-state index in [2.05, 4.69) is 10.5 Å². The molecule has 8 heteroatoms. The van der Waals surface area contributed by atoms with Gasteiger partial charge >= 0.3 is 5.97 Å². The lowest BCUT2D eigenvalue weighted by molar-refractivity contribution is 0.0629. The number of oxime groups is 1. The van der Waals surface area contributed by atoms with Crippen LogP contribution in [0.4, 0.5) is 5.69 Å². The maximum atomic E-state index is 12.5. The van der Waals surface area contributed by atoms with Crippen LogP contribution in [0.15, 0.2) is 78.0 Å². The second-order valence-corrected chi connectivity index (χ2v) is 7.96. The van der Waals surface area contributed by atoms with E-state index < -0.39 is 11.9 Å². The fourth-order valence-electron chi connectivity index (χ4n) is 3.45. The molecule has 0 saturated carbocycles. The summed E-state index contributed by atoms with van der Waals surface area (Å²) in [4.78, 5) is 29.1. The lowest BCUT2D eigenvalue weighted by atomic mass is 9.94. The van der Waals surface area contributed by atoms with Gasteiger partial charge in [-0.15, -0.1) is 0 Å². The van der Waals surface area contributed by atoms with Crippen molar-refractivity contribution in [2.24, 2.45) is 11.1 Å². The molecule has 0 aliphatic carbocycles. The highest BCUT2D eigenvalue weighted by atomic mass is 35.5. The number of nitrogens with zero attached hydrogens (tertiary/aromatic N) is 1. The van der Waals surface area contributed by atoms with Gasteiger partial charge < -0.3 is 20.0 Å². The summed E-state index contributed by atoms with van der Waals surface area (Å²) < 4.78 is 5.96. The van der Waals surface area contributed by atoms with Crippen molar-refractivity contribution < 1.29 is 24.3 Å². The van der Waals surface area contributed by atoms with Gasteiger partial charge in [0, 0.05) is 11.6 Å². The van der Waals surface area contributed by atoms with E-state index >= 15 is 0 Å². The first kappa shape index (κ1) is 22.4. The molecule has 0 aromatic heterocycles. The number of hydrogen-bond acceptors (Lipinski definition) is 5. The van der Waals surface area contributed by atoms with E-state index in [1.165, 1.54) is 24.3 Å². The lowest BCUT2D eigenvalue weighted by Crippen LogP contribution is -2.27. The largest absolute Gasteiger partial charge is 0.493 e. The van der Waals surface area contributed by atoms with Crippen LogP contribution in [-0.4, -0.2) is 35.4 Å². The van der Waals surface area contributed by atoms with E-state index in [1.807, 2.05) is 37.3 Å². The average Bonchev–Trinajstić information content (AvgIpc) is 3.20. The Kier molecular flexibility index (Phi) is 6.60. The molecule has 0 bridgehead atoms. The number of anilines is 1. The van der Waals surface area contributed by atoms with Crippen LogP contribution in [0.5, 0.6) is 5.75 Å². The van der Waals surface area contributed by atoms with Gasteiger partial charge in [0.15, 0.2) is 0 Å². The Morgan fingerprint density at radius 3 is 2.55 bits per heavy atom. The molecule has 2 N–H and O–H groups in total. The van der Waals surface area contributed by atoms with Crippen molar-refractivity contribution >= 4 is 34.9 Å². The average molecular weight is 465 g/mol. The monoisotopic (exact) mass is 464 g/mol. The fraction of sp³-hybridized carbons (Fsp3) is 0.160. The molecule has 168 valence electrons. The molecule has 1 aliphatic heterocycles. The van der Waals surface area contributed by atoms with E-state index in [4.69, 9.17) is 26.3 Å². The Morgan fingerprint density at radius 1 is 1.06 bits per heavy atom. The van der Waals surface area contributed by atoms with Crippen molar-refractivity contribution in [1.29, 1.82) is 0 Å². The maximum absolute atomic E-state index is 12.5. The molecule has 0 saturated heterocycles. The van der Waals surface area contributed by atoms with E-state index in [0.717, 1.165) is 11.3 Å². The van der Waals surface area contributed by atoms with Crippen LogP contribution in [0.2, 0.25) is 5.02 Å². The van der Waals surface area contributed by atoms with Crippen molar-refractivity contribution in [1.82, 2.24) is 0 Å². The molecule has 3 aromatic carbocycles. The van der Waals surface area contributed by atoms with Crippen molar-refractivity contribution in [3.05, 3.63) is 94.5 Å². The summed E-state index contributed by atoms with van der Waals surface area (Å²) in [5, 5.41) is 16.3. The molecule has 1 aliphatic rings. The smallest absolute Gasteiger partial charge is 0.335 e. The summed E-state index contributed by atoms with van der Waals surface area (Å²) in [7, 11) is 0. The fourth-order valence-corrected chi connectivity index (χ4v) is 3.67. The second kappa shape index (κ2) is 9.75. The third-order valence-corrected chi connectivity index (χ3v) is 5.61. The Hall–Kier alpha value is -3.84. The summed E-state index contributed by atoms with van der Waals surface area (Å²) in [6.07, 6.45) is -0.129.